The molecule has 0 radical (unpaired) electrons. The third-order valence-corrected chi connectivity index (χ3v) is 4.37. The number of nitrogens with one attached hydrogen (secondary N) is 2. The van der Waals surface area contributed by atoms with Gasteiger partial charge in [-0.1, -0.05) is 5.92 Å². The topological polar surface area (TPSA) is 57.4 Å². The Labute approximate surface area is 150 Å². The van der Waals surface area contributed by atoms with Crippen LogP contribution in [0.5, 0.6) is 0 Å². The number of hydrogen-bond acceptors (Lipinski definition) is 2. The highest BCUT2D eigenvalue weighted by atomic mass is 14.8. The lowest BCUT2D eigenvalue weighted by Gasteiger charge is -1.90. The Morgan fingerprint density at radius 1 is 0.654 bits per heavy atom. The summed E-state index contributed by atoms with van der Waals surface area (Å²) < 4.78 is 0. The van der Waals surface area contributed by atoms with Gasteiger partial charge in [0.25, 0.3) is 0 Å². The monoisotopic (exact) mass is 334 g/mol. The third-order valence-electron chi connectivity index (χ3n) is 4.37. The summed E-state index contributed by atoms with van der Waals surface area (Å²) in [6.45, 7) is 0. The standard InChI is InChI=1S/C22H14N4/c1-2-20-21-9-7-18(25-21)12-16-5-3-14(23-16)11-15-4-6-17(24-15)13-19-8-10-22(20)26-19/h1,3-13,25-26H. The molecule has 2 aliphatic rings. The molecule has 5 rings (SSSR count). The van der Waals surface area contributed by atoms with Crippen LogP contribution in [0, 0.1) is 12.3 Å². The summed E-state index contributed by atoms with van der Waals surface area (Å²) in [6, 6.07) is 14.0. The average molecular weight is 334 g/mol. The van der Waals surface area contributed by atoms with E-state index in [0.29, 0.717) is 0 Å². The molecule has 2 aliphatic heterocycles. The fraction of sp³-hybridized carbons (Fsp3) is 0. The van der Waals surface area contributed by atoms with Gasteiger partial charge >= 0.3 is 0 Å². The Morgan fingerprint density at radius 3 is 1.58 bits per heavy atom. The van der Waals surface area contributed by atoms with Gasteiger partial charge in [-0.2, -0.15) is 0 Å². The maximum atomic E-state index is 5.78. The van der Waals surface area contributed by atoms with Crippen LogP contribution in [0.4, 0.5) is 0 Å². The summed E-state index contributed by atoms with van der Waals surface area (Å²) in [6.07, 6.45) is 13.7. The lowest BCUT2D eigenvalue weighted by molar-refractivity contribution is 1.28. The summed E-state index contributed by atoms with van der Waals surface area (Å²) in [5, 5.41) is 0. The van der Waals surface area contributed by atoms with Crippen molar-refractivity contribution >= 4 is 46.4 Å². The molecule has 0 atom stereocenters. The van der Waals surface area contributed by atoms with Gasteiger partial charge in [-0.25, -0.2) is 9.97 Å². The van der Waals surface area contributed by atoms with Crippen molar-refractivity contribution in [1.29, 1.82) is 0 Å². The van der Waals surface area contributed by atoms with Crippen LogP contribution in [0.1, 0.15) is 28.3 Å². The van der Waals surface area contributed by atoms with Crippen LogP contribution >= 0.6 is 0 Å². The van der Waals surface area contributed by atoms with Crippen LogP contribution in [0.15, 0.2) is 42.5 Å². The number of nitrogens with zero attached hydrogens (tertiary/aromatic N) is 2. The van der Waals surface area contributed by atoms with Crippen molar-refractivity contribution in [2.24, 2.45) is 0 Å². The van der Waals surface area contributed by atoms with E-state index in [-0.39, 0.29) is 0 Å². The zero-order valence-corrected chi connectivity index (χ0v) is 13.8. The lowest BCUT2D eigenvalue weighted by atomic mass is 10.2. The smallest absolute Gasteiger partial charge is 0.0712 e. The zero-order valence-electron chi connectivity index (χ0n) is 13.8. The largest absolute Gasteiger partial charge is 0.354 e. The summed E-state index contributed by atoms with van der Waals surface area (Å²) in [5.41, 5.74) is 8.04. The lowest BCUT2D eigenvalue weighted by Crippen LogP contribution is -1.79. The van der Waals surface area contributed by atoms with Crippen LogP contribution in [0.3, 0.4) is 0 Å². The molecule has 0 aromatic carbocycles. The normalized spacial score (nSPS) is 12.3. The Balaban J connectivity index is 1.90. The second kappa shape index (κ2) is 5.61. The molecule has 0 spiro atoms. The molecular weight excluding hydrogens is 320 g/mol. The molecule has 0 saturated carbocycles. The van der Waals surface area contributed by atoms with Crippen molar-refractivity contribution in [3.05, 3.63) is 70.8 Å². The van der Waals surface area contributed by atoms with Crippen LogP contribution in [0.25, 0.3) is 46.4 Å². The fourth-order valence-electron chi connectivity index (χ4n) is 3.16. The maximum Gasteiger partial charge on any atom is 0.0712 e. The van der Waals surface area contributed by atoms with Crippen molar-refractivity contribution < 1.29 is 0 Å². The van der Waals surface area contributed by atoms with E-state index in [1.165, 1.54) is 0 Å². The van der Waals surface area contributed by atoms with Gasteiger partial charge in [0, 0.05) is 11.0 Å². The van der Waals surface area contributed by atoms with Gasteiger partial charge in [-0.15, -0.1) is 6.42 Å². The van der Waals surface area contributed by atoms with Gasteiger partial charge in [0.15, 0.2) is 0 Å². The molecule has 8 bridgehead atoms. The first-order valence-electron chi connectivity index (χ1n) is 8.31. The van der Waals surface area contributed by atoms with Gasteiger partial charge in [0.1, 0.15) is 0 Å². The Bertz CT molecular complexity index is 1200. The van der Waals surface area contributed by atoms with Gasteiger partial charge in [0.2, 0.25) is 0 Å². The maximum absolute atomic E-state index is 5.78. The molecule has 0 unspecified atom stereocenters. The van der Waals surface area contributed by atoms with Crippen molar-refractivity contribution in [2.45, 2.75) is 0 Å². The first-order chi connectivity index (χ1) is 12.8. The quantitative estimate of drug-likeness (QED) is 0.405. The summed E-state index contributed by atoms with van der Waals surface area (Å²) in [4.78, 5) is 16.0. The third kappa shape index (κ3) is 2.52. The number of H-pyrrole nitrogens is 2. The molecule has 0 saturated heterocycles. The van der Waals surface area contributed by atoms with Crippen molar-refractivity contribution in [3.8, 4) is 12.3 Å². The molecule has 2 N–H and O–H groups in total. The molecule has 0 amide bonds. The van der Waals surface area contributed by atoms with E-state index in [2.05, 4.69) is 25.9 Å². The molecular formula is C22H14N4. The van der Waals surface area contributed by atoms with Gasteiger partial charge in [-0.05, 0) is 66.8 Å². The van der Waals surface area contributed by atoms with Crippen molar-refractivity contribution in [2.75, 3.05) is 0 Å². The molecule has 122 valence electrons. The molecule has 4 heteroatoms. The molecule has 26 heavy (non-hydrogen) atoms. The number of aromatic amines is 2. The van der Waals surface area contributed by atoms with E-state index in [1.54, 1.807) is 0 Å². The van der Waals surface area contributed by atoms with E-state index in [4.69, 9.17) is 6.42 Å². The average Bonchev–Trinajstić information content (AvgIpc) is 3.39. The highest BCUT2D eigenvalue weighted by Gasteiger charge is 2.04. The first kappa shape index (κ1) is 14.5. The van der Waals surface area contributed by atoms with Crippen LogP contribution in [-0.2, 0) is 0 Å². The first-order valence-corrected chi connectivity index (χ1v) is 8.31. The minimum atomic E-state index is 0.789. The number of fused-ring (bicyclic) bond motifs is 8. The van der Waals surface area contributed by atoms with Crippen molar-refractivity contribution in [1.82, 2.24) is 19.9 Å². The summed E-state index contributed by atoms with van der Waals surface area (Å²) in [5.74, 6) is 2.79. The van der Waals surface area contributed by atoms with Gasteiger partial charge in [-0.3, -0.25) is 0 Å². The van der Waals surface area contributed by atoms with Gasteiger partial charge < -0.3 is 9.97 Å². The Hall–Kier alpha value is -3.84. The predicted molar refractivity (Wildman–Crippen MR) is 107 cm³/mol. The number of terminal acetylenes is 1. The number of rotatable bonds is 0. The molecule has 0 aliphatic carbocycles. The van der Waals surface area contributed by atoms with Gasteiger partial charge in [0.05, 0.1) is 39.4 Å². The number of aromatic nitrogens is 4. The van der Waals surface area contributed by atoms with E-state index in [0.717, 1.165) is 50.4 Å². The highest BCUT2D eigenvalue weighted by molar-refractivity contribution is 5.81. The molecule has 5 heterocycles. The van der Waals surface area contributed by atoms with Crippen molar-refractivity contribution in [3.63, 3.8) is 0 Å². The Kier molecular flexibility index (Phi) is 3.13. The molecule has 3 aromatic heterocycles. The summed E-state index contributed by atoms with van der Waals surface area (Å²) in [7, 11) is 0. The van der Waals surface area contributed by atoms with Crippen LogP contribution in [0.2, 0.25) is 0 Å². The predicted octanol–water partition coefficient (Wildman–Crippen LogP) is 4.64. The SMILES string of the molecule is C#Cc1c2ccc(cc3nc(cc4nc(cc5ccc1[nH]5)C=C4)C=C3)[nH]2. The fourth-order valence-corrected chi connectivity index (χ4v) is 3.16. The van der Waals surface area contributed by atoms with E-state index in [9.17, 15) is 0 Å². The second-order valence-corrected chi connectivity index (χ2v) is 6.20. The zero-order chi connectivity index (χ0) is 17.5. The second-order valence-electron chi connectivity index (χ2n) is 6.20. The minimum Gasteiger partial charge on any atom is -0.354 e. The van der Waals surface area contributed by atoms with Crippen LogP contribution in [-0.4, -0.2) is 19.9 Å². The summed E-state index contributed by atoms with van der Waals surface area (Å²) >= 11 is 0. The van der Waals surface area contributed by atoms with E-state index >= 15 is 0 Å². The van der Waals surface area contributed by atoms with Crippen LogP contribution < -0.4 is 0 Å². The van der Waals surface area contributed by atoms with E-state index in [1.807, 2.05) is 66.8 Å². The molecule has 0 fully saturated rings. The molecule has 3 aromatic rings. The van der Waals surface area contributed by atoms with E-state index < -0.39 is 0 Å². The Morgan fingerprint density at radius 2 is 1.12 bits per heavy atom. The molecule has 4 nitrogen and oxygen atoms in total. The highest BCUT2D eigenvalue weighted by Crippen LogP contribution is 2.19. The minimum absolute atomic E-state index is 0.789. The number of hydrogen-bond donors (Lipinski definition) is 2.